The van der Waals surface area contributed by atoms with Crippen molar-refractivity contribution in [3.05, 3.63) is 11.4 Å². The van der Waals surface area contributed by atoms with E-state index in [-0.39, 0.29) is 12.0 Å². The summed E-state index contributed by atoms with van der Waals surface area (Å²) in [6.07, 6.45) is 5.80. The summed E-state index contributed by atoms with van der Waals surface area (Å²) >= 11 is 0. The van der Waals surface area contributed by atoms with Crippen LogP contribution in [0.5, 0.6) is 0 Å². The quantitative estimate of drug-likeness (QED) is 0.484. The first kappa shape index (κ1) is 15.0. The highest BCUT2D eigenvalue weighted by molar-refractivity contribution is 5.56. The molecule has 112 valence electrons. The lowest BCUT2D eigenvalue weighted by molar-refractivity contribution is 0.0943. The van der Waals surface area contributed by atoms with Crippen molar-refractivity contribution in [1.82, 2.24) is 9.97 Å². The highest BCUT2D eigenvalue weighted by Gasteiger charge is 2.31. The second-order valence-electron chi connectivity index (χ2n) is 5.81. The lowest BCUT2D eigenvalue weighted by atomic mass is 9.74. The molecule has 6 nitrogen and oxygen atoms in total. The van der Waals surface area contributed by atoms with Crippen LogP contribution in [0.25, 0.3) is 0 Å². The third kappa shape index (κ3) is 3.19. The number of nitrogens with two attached hydrogens (primary N) is 1. The molecule has 1 aliphatic carbocycles. The van der Waals surface area contributed by atoms with Crippen LogP contribution in [0.2, 0.25) is 0 Å². The molecule has 1 heterocycles. The van der Waals surface area contributed by atoms with Crippen LogP contribution in [-0.2, 0) is 0 Å². The van der Waals surface area contributed by atoms with E-state index < -0.39 is 0 Å². The van der Waals surface area contributed by atoms with E-state index in [1.807, 2.05) is 13.8 Å². The van der Waals surface area contributed by atoms with E-state index in [2.05, 4.69) is 20.7 Å². The second-order valence-corrected chi connectivity index (χ2v) is 5.81. The topological polar surface area (TPSA) is 96.1 Å². The number of nitrogens with zero attached hydrogens (tertiary/aromatic N) is 2. The Kier molecular flexibility index (Phi) is 4.77. The van der Waals surface area contributed by atoms with Crippen molar-refractivity contribution >= 4 is 11.6 Å². The van der Waals surface area contributed by atoms with Crippen LogP contribution in [0.3, 0.4) is 0 Å². The first-order valence-corrected chi connectivity index (χ1v) is 7.27. The minimum absolute atomic E-state index is 0.0140. The van der Waals surface area contributed by atoms with Crippen molar-refractivity contribution < 1.29 is 5.11 Å². The number of aromatic nitrogens is 2. The minimum Gasteiger partial charge on any atom is -0.396 e. The molecule has 0 amide bonds. The van der Waals surface area contributed by atoms with Crippen molar-refractivity contribution in [1.29, 1.82) is 0 Å². The fourth-order valence-electron chi connectivity index (χ4n) is 2.90. The number of hydrogen-bond donors (Lipinski definition) is 4. The summed E-state index contributed by atoms with van der Waals surface area (Å²) in [6, 6.07) is 0. The summed E-state index contributed by atoms with van der Waals surface area (Å²) in [7, 11) is 0. The molecule has 0 spiro atoms. The molecule has 6 heteroatoms. The van der Waals surface area contributed by atoms with Gasteiger partial charge in [-0.2, -0.15) is 0 Å². The fraction of sp³-hybridized carbons (Fsp3) is 0.714. The molecule has 1 saturated carbocycles. The maximum absolute atomic E-state index is 9.74. The van der Waals surface area contributed by atoms with Crippen LogP contribution in [0.4, 0.5) is 11.6 Å². The number of aliphatic hydroxyl groups excluding tert-OH is 1. The SMILES string of the molecule is Cc1nc(NN)c(C)c(NCC2(CO)CCCCC2)n1. The number of rotatable bonds is 5. The lowest BCUT2D eigenvalue weighted by Gasteiger charge is -2.36. The van der Waals surface area contributed by atoms with Gasteiger partial charge in [-0.25, -0.2) is 15.8 Å². The summed E-state index contributed by atoms with van der Waals surface area (Å²) in [5.74, 6) is 7.58. The largest absolute Gasteiger partial charge is 0.396 e. The molecule has 20 heavy (non-hydrogen) atoms. The summed E-state index contributed by atoms with van der Waals surface area (Å²) in [5.41, 5.74) is 3.49. The molecule has 0 aromatic carbocycles. The molecule has 2 rings (SSSR count). The molecule has 0 bridgehead atoms. The minimum atomic E-state index is -0.0140. The second kappa shape index (κ2) is 6.37. The Morgan fingerprint density at radius 2 is 1.80 bits per heavy atom. The Labute approximate surface area is 120 Å². The summed E-state index contributed by atoms with van der Waals surface area (Å²) in [6.45, 7) is 4.74. The standard InChI is InChI=1S/C14H25N5O/c1-10-12(17-11(2)18-13(10)19-15)16-8-14(9-20)6-4-3-5-7-14/h20H,3-9,15H2,1-2H3,(H2,16,17,18,19). The predicted molar refractivity (Wildman–Crippen MR) is 80.4 cm³/mol. The number of anilines is 2. The average Bonchev–Trinajstić information content (AvgIpc) is 2.48. The van der Waals surface area contributed by atoms with Gasteiger partial charge in [-0.1, -0.05) is 19.3 Å². The molecule has 1 aromatic heterocycles. The van der Waals surface area contributed by atoms with E-state index in [1.54, 1.807) is 0 Å². The third-order valence-corrected chi connectivity index (χ3v) is 4.27. The number of aliphatic hydroxyl groups is 1. The van der Waals surface area contributed by atoms with Crippen LogP contribution < -0.4 is 16.6 Å². The van der Waals surface area contributed by atoms with Gasteiger partial charge in [-0.3, -0.25) is 0 Å². The van der Waals surface area contributed by atoms with E-state index in [1.165, 1.54) is 19.3 Å². The molecule has 0 saturated heterocycles. The van der Waals surface area contributed by atoms with Crippen molar-refractivity contribution in [2.24, 2.45) is 11.3 Å². The van der Waals surface area contributed by atoms with Gasteiger partial charge in [-0.15, -0.1) is 0 Å². The Bertz CT molecular complexity index is 457. The van der Waals surface area contributed by atoms with Gasteiger partial charge in [-0.05, 0) is 26.7 Å². The molecule has 0 aliphatic heterocycles. The van der Waals surface area contributed by atoms with Gasteiger partial charge in [0, 0.05) is 17.5 Å². The monoisotopic (exact) mass is 279 g/mol. The van der Waals surface area contributed by atoms with Crippen molar-refractivity contribution in [2.75, 3.05) is 23.9 Å². The Hall–Kier alpha value is -1.40. The number of nitrogen functional groups attached to an aromatic ring is 1. The van der Waals surface area contributed by atoms with Gasteiger partial charge in [0.15, 0.2) is 0 Å². The van der Waals surface area contributed by atoms with Crippen LogP contribution in [0, 0.1) is 19.3 Å². The smallest absolute Gasteiger partial charge is 0.148 e. The van der Waals surface area contributed by atoms with Gasteiger partial charge in [0.1, 0.15) is 17.5 Å². The highest BCUT2D eigenvalue weighted by atomic mass is 16.3. The van der Waals surface area contributed by atoms with Gasteiger partial charge < -0.3 is 15.8 Å². The van der Waals surface area contributed by atoms with E-state index >= 15 is 0 Å². The molecule has 1 aliphatic rings. The Balaban J connectivity index is 2.11. The van der Waals surface area contributed by atoms with Crippen LogP contribution in [0.1, 0.15) is 43.5 Å². The molecule has 1 aromatic rings. The molecular formula is C14H25N5O. The first-order valence-electron chi connectivity index (χ1n) is 7.27. The third-order valence-electron chi connectivity index (χ3n) is 4.27. The Morgan fingerprint density at radius 3 is 2.40 bits per heavy atom. The Morgan fingerprint density at radius 1 is 1.15 bits per heavy atom. The number of hydrazine groups is 1. The van der Waals surface area contributed by atoms with Crippen molar-refractivity contribution in [3.8, 4) is 0 Å². The average molecular weight is 279 g/mol. The molecule has 0 atom stereocenters. The van der Waals surface area contributed by atoms with Crippen molar-refractivity contribution in [2.45, 2.75) is 46.0 Å². The van der Waals surface area contributed by atoms with E-state index in [9.17, 15) is 5.11 Å². The number of hydrogen-bond acceptors (Lipinski definition) is 6. The van der Waals surface area contributed by atoms with Crippen LogP contribution in [0.15, 0.2) is 0 Å². The van der Waals surface area contributed by atoms with Gasteiger partial charge in [0.05, 0.1) is 6.61 Å². The van der Waals surface area contributed by atoms with Crippen LogP contribution in [-0.4, -0.2) is 28.2 Å². The van der Waals surface area contributed by atoms with Gasteiger partial charge >= 0.3 is 0 Å². The van der Waals surface area contributed by atoms with Gasteiger partial charge in [0.2, 0.25) is 0 Å². The maximum atomic E-state index is 9.74. The molecule has 0 radical (unpaired) electrons. The predicted octanol–water partition coefficient (Wildman–Crippen LogP) is 1.73. The van der Waals surface area contributed by atoms with Gasteiger partial charge in [0.25, 0.3) is 0 Å². The molecular weight excluding hydrogens is 254 g/mol. The normalized spacial score (nSPS) is 17.8. The molecule has 5 N–H and O–H groups in total. The van der Waals surface area contributed by atoms with E-state index in [0.29, 0.717) is 11.6 Å². The zero-order chi connectivity index (χ0) is 14.6. The lowest BCUT2D eigenvalue weighted by Crippen LogP contribution is -2.36. The van der Waals surface area contributed by atoms with Crippen molar-refractivity contribution in [3.63, 3.8) is 0 Å². The number of nitrogens with one attached hydrogen (secondary N) is 2. The molecule has 1 fully saturated rings. The van der Waals surface area contributed by atoms with E-state index in [0.717, 1.165) is 30.8 Å². The summed E-state index contributed by atoms with van der Waals surface area (Å²) < 4.78 is 0. The fourth-order valence-corrected chi connectivity index (χ4v) is 2.90. The maximum Gasteiger partial charge on any atom is 0.148 e. The first-order chi connectivity index (χ1) is 9.60. The zero-order valence-electron chi connectivity index (χ0n) is 12.4. The summed E-state index contributed by atoms with van der Waals surface area (Å²) in [4.78, 5) is 8.68. The molecule has 0 unspecified atom stereocenters. The number of aryl methyl sites for hydroxylation is 1. The highest BCUT2D eigenvalue weighted by Crippen LogP contribution is 2.36. The van der Waals surface area contributed by atoms with E-state index in [4.69, 9.17) is 5.84 Å². The zero-order valence-corrected chi connectivity index (χ0v) is 12.4. The summed E-state index contributed by atoms with van der Waals surface area (Å²) in [5, 5.41) is 13.1. The van der Waals surface area contributed by atoms with Crippen LogP contribution >= 0.6 is 0 Å².